The highest BCUT2D eigenvalue weighted by molar-refractivity contribution is 6.05. The number of hydrogen-bond donors (Lipinski definition) is 3. The number of aromatic nitrogens is 3. The lowest BCUT2D eigenvalue weighted by atomic mass is 10.1. The molecule has 1 aliphatic heterocycles. The second kappa shape index (κ2) is 6.42. The number of alkyl halides is 3. The van der Waals surface area contributed by atoms with Gasteiger partial charge in [-0.2, -0.15) is 23.4 Å². The average molecular weight is 354 g/mol. The molecule has 3 rings (SSSR count). The van der Waals surface area contributed by atoms with Gasteiger partial charge in [0.05, 0.1) is 17.8 Å². The summed E-state index contributed by atoms with van der Waals surface area (Å²) < 4.78 is 45.0. The van der Waals surface area contributed by atoms with Crippen LogP contribution < -0.4 is 10.7 Å². The second-order valence-corrected chi connectivity index (χ2v) is 5.19. The first kappa shape index (κ1) is 16.7. The fourth-order valence-electron chi connectivity index (χ4n) is 2.26. The first-order chi connectivity index (χ1) is 11.8. The highest BCUT2D eigenvalue weighted by atomic mass is 19.4. The standard InChI is InChI=1S/C14H13F3N6O2/c1-7-11(22-23-13(24)25-7)8-4-10(14(15,16)17)12(18-5-8)19-6-9-2-3-20-21-9/h2-5,7H,6H2,1H3,(H,18,19)(H,20,21)(H,23,24). The molecule has 0 aromatic carbocycles. The molecule has 3 N–H and O–H groups in total. The molecular formula is C14H13F3N6O2. The Hall–Kier alpha value is -3.11. The molecule has 0 radical (unpaired) electrons. The highest BCUT2D eigenvalue weighted by Gasteiger charge is 2.36. The topological polar surface area (TPSA) is 104 Å². The van der Waals surface area contributed by atoms with Crippen LogP contribution >= 0.6 is 0 Å². The van der Waals surface area contributed by atoms with Gasteiger partial charge in [0.2, 0.25) is 0 Å². The Morgan fingerprint density at radius 3 is 2.84 bits per heavy atom. The van der Waals surface area contributed by atoms with E-state index in [1.54, 1.807) is 12.3 Å². The van der Waals surface area contributed by atoms with Gasteiger partial charge in [-0.05, 0) is 19.1 Å². The van der Waals surface area contributed by atoms with Gasteiger partial charge in [0.15, 0.2) is 0 Å². The Kier molecular flexibility index (Phi) is 4.30. The summed E-state index contributed by atoms with van der Waals surface area (Å²) in [6.45, 7) is 1.59. The third kappa shape index (κ3) is 3.70. The van der Waals surface area contributed by atoms with Crippen LogP contribution in [-0.2, 0) is 17.5 Å². The van der Waals surface area contributed by atoms with Crippen LogP contribution in [0, 0.1) is 0 Å². The van der Waals surface area contributed by atoms with Gasteiger partial charge in [0.1, 0.15) is 17.6 Å². The predicted molar refractivity (Wildman–Crippen MR) is 80.8 cm³/mol. The number of carbonyl (C=O) groups excluding carboxylic acids is 1. The number of rotatable bonds is 4. The van der Waals surface area contributed by atoms with Crippen LogP contribution in [-0.4, -0.2) is 33.1 Å². The van der Waals surface area contributed by atoms with Crippen LogP contribution in [0.3, 0.4) is 0 Å². The molecule has 0 fully saturated rings. The lowest BCUT2D eigenvalue weighted by Gasteiger charge is -2.21. The van der Waals surface area contributed by atoms with Crippen LogP contribution in [0.25, 0.3) is 0 Å². The zero-order chi connectivity index (χ0) is 18.0. The predicted octanol–water partition coefficient (Wildman–Crippen LogP) is 2.27. The van der Waals surface area contributed by atoms with Crippen molar-refractivity contribution in [1.82, 2.24) is 20.6 Å². The number of hydrogen-bond acceptors (Lipinski definition) is 6. The molecular weight excluding hydrogens is 341 g/mol. The molecule has 1 unspecified atom stereocenters. The summed E-state index contributed by atoms with van der Waals surface area (Å²) in [6.07, 6.45) is -3.38. The Labute approximate surface area is 139 Å². The largest absolute Gasteiger partial charge is 0.439 e. The SMILES string of the molecule is CC1OC(=O)NN=C1c1cnc(NCc2cc[nH]n2)c(C(F)(F)F)c1. The smallest absolute Gasteiger partial charge is 0.428 e. The van der Waals surface area contributed by atoms with Gasteiger partial charge in [0, 0.05) is 18.0 Å². The number of halogens is 3. The first-order valence-corrected chi connectivity index (χ1v) is 7.19. The van der Waals surface area contributed by atoms with Crippen LogP contribution in [0.4, 0.5) is 23.8 Å². The Bertz CT molecular complexity index is 803. The zero-order valence-electron chi connectivity index (χ0n) is 12.9. The van der Waals surface area contributed by atoms with Gasteiger partial charge in [-0.1, -0.05) is 0 Å². The van der Waals surface area contributed by atoms with Gasteiger partial charge >= 0.3 is 12.3 Å². The van der Waals surface area contributed by atoms with Gasteiger partial charge in [-0.15, -0.1) is 0 Å². The van der Waals surface area contributed by atoms with E-state index in [1.807, 2.05) is 0 Å². The van der Waals surface area contributed by atoms with Crippen LogP contribution in [0.2, 0.25) is 0 Å². The maximum Gasteiger partial charge on any atom is 0.428 e. The van der Waals surface area contributed by atoms with Gasteiger partial charge in [-0.25, -0.2) is 15.2 Å². The molecule has 3 heterocycles. The minimum absolute atomic E-state index is 0.0788. The van der Waals surface area contributed by atoms with Crippen molar-refractivity contribution in [2.45, 2.75) is 25.7 Å². The number of anilines is 1. The molecule has 8 nitrogen and oxygen atoms in total. The molecule has 2 aromatic heterocycles. The van der Waals surface area contributed by atoms with E-state index in [9.17, 15) is 18.0 Å². The molecule has 0 spiro atoms. The minimum atomic E-state index is -4.63. The molecule has 11 heteroatoms. The first-order valence-electron chi connectivity index (χ1n) is 7.19. The van der Waals surface area contributed by atoms with Crippen LogP contribution in [0.15, 0.2) is 29.6 Å². The number of H-pyrrole nitrogens is 1. The molecule has 0 bridgehead atoms. The van der Waals surface area contributed by atoms with E-state index in [2.05, 4.69) is 31.0 Å². The van der Waals surface area contributed by atoms with Gasteiger partial charge in [-0.3, -0.25) is 5.10 Å². The number of aromatic amines is 1. The molecule has 0 aliphatic carbocycles. The maximum absolute atomic E-state index is 13.4. The summed E-state index contributed by atoms with van der Waals surface area (Å²) in [5, 5.41) is 12.8. The molecule has 2 aromatic rings. The lowest BCUT2D eigenvalue weighted by molar-refractivity contribution is -0.137. The van der Waals surface area contributed by atoms with E-state index in [-0.39, 0.29) is 23.6 Å². The minimum Gasteiger partial charge on any atom is -0.439 e. The molecule has 1 amide bonds. The quantitative estimate of drug-likeness (QED) is 0.781. The van der Waals surface area contributed by atoms with Crippen molar-refractivity contribution in [3.05, 3.63) is 41.3 Å². The Morgan fingerprint density at radius 1 is 1.40 bits per heavy atom. The fraction of sp³-hybridized carbons (Fsp3) is 0.286. The monoisotopic (exact) mass is 354 g/mol. The Morgan fingerprint density at radius 2 is 2.20 bits per heavy atom. The number of carbonyl (C=O) groups is 1. The molecule has 0 saturated carbocycles. The maximum atomic E-state index is 13.4. The number of hydrazone groups is 1. The fourth-order valence-corrected chi connectivity index (χ4v) is 2.26. The van der Waals surface area contributed by atoms with Crippen molar-refractivity contribution in [2.75, 3.05) is 5.32 Å². The number of cyclic esters (lactones) is 1. The van der Waals surface area contributed by atoms with Gasteiger partial charge in [0.25, 0.3) is 0 Å². The van der Waals surface area contributed by atoms with Crippen molar-refractivity contribution in [2.24, 2.45) is 5.10 Å². The van der Waals surface area contributed by atoms with Crippen molar-refractivity contribution in [3.63, 3.8) is 0 Å². The summed E-state index contributed by atoms with van der Waals surface area (Å²) in [5.41, 5.74) is 1.91. The second-order valence-electron chi connectivity index (χ2n) is 5.19. The number of ether oxygens (including phenoxy) is 1. The van der Waals surface area contributed by atoms with Gasteiger partial charge < -0.3 is 10.1 Å². The average Bonchev–Trinajstić information content (AvgIpc) is 3.05. The highest BCUT2D eigenvalue weighted by Crippen LogP contribution is 2.34. The third-order valence-electron chi connectivity index (χ3n) is 3.42. The van der Waals surface area contributed by atoms with Crippen molar-refractivity contribution >= 4 is 17.6 Å². The van der Waals surface area contributed by atoms with Crippen molar-refractivity contribution in [3.8, 4) is 0 Å². The van der Waals surface area contributed by atoms with Crippen molar-refractivity contribution in [1.29, 1.82) is 0 Å². The molecule has 0 saturated heterocycles. The summed E-state index contributed by atoms with van der Waals surface area (Å²) in [7, 11) is 0. The molecule has 132 valence electrons. The summed E-state index contributed by atoms with van der Waals surface area (Å²) >= 11 is 0. The third-order valence-corrected chi connectivity index (χ3v) is 3.42. The summed E-state index contributed by atoms with van der Waals surface area (Å²) in [6, 6.07) is 2.54. The van der Waals surface area contributed by atoms with E-state index in [0.717, 1.165) is 6.07 Å². The van der Waals surface area contributed by atoms with E-state index >= 15 is 0 Å². The molecule has 1 aliphatic rings. The van der Waals surface area contributed by atoms with Crippen LogP contribution in [0.1, 0.15) is 23.7 Å². The number of pyridine rings is 1. The van der Waals surface area contributed by atoms with Crippen molar-refractivity contribution < 1.29 is 22.7 Å². The number of nitrogens with zero attached hydrogens (tertiary/aromatic N) is 3. The van der Waals surface area contributed by atoms with E-state index in [0.29, 0.717) is 5.69 Å². The van der Waals surface area contributed by atoms with E-state index in [4.69, 9.17) is 4.74 Å². The molecule has 25 heavy (non-hydrogen) atoms. The zero-order valence-corrected chi connectivity index (χ0v) is 12.9. The van der Waals surface area contributed by atoms with Crippen LogP contribution in [0.5, 0.6) is 0 Å². The lowest BCUT2D eigenvalue weighted by Crippen LogP contribution is -2.37. The molecule has 1 atom stereocenters. The summed E-state index contributed by atoms with van der Waals surface area (Å²) in [5.74, 6) is -0.326. The van der Waals surface area contributed by atoms with E-state index in [1.165, 1.54) is 13.1 Å². The van der Waals surface area contributed by atoms with E-state index < -0.39 is 23.9 Å². The number of amides is 1. The normalized spacial score (nSPS) is 17.5. The Balaban J connectivity index is 1.91. The number of nitrogens with one attached hydrogen (secondary N) is 3. The summed E-state index contributed by atoms with van der Waals surface area (Å²) in [4.78, 5) is 14.9.